The standard InChI is InChI=1S/C26H35ClO3S/c1-3-5-10-18-26(19-11-6-4-2)28-20-25(29-30-26,22-12-8-7-9-13-22)21-31-24-16-14-23(27)15-17-24/h7-9,12-17H,3-6,10-11,18-21H2,1-2H3. The van der Waals surface area contributed by atoms with Crippen molar-refractivity contribution in [1.82, 2.24) is 0 Å². The van der Waals surface area contributed by atoms with Gasteiger partial charge in [-0.25, -0.2) is 9.78 Å². The number of halogens is 1. The summed E-state index contributed by atoms with van der Waals surface area (Å²) in [6.07, 6.45) is 8.64. The van der Waals surface area contributed by atoms with Gasteiger partial charge in [0.15, 0.2) is 5.60 Å². The van der Waals surface area contributed by atoms with Gasteiger partial charge < -0.3 is 4.74 Å². The van der Waals surface area contributed by atoms with Crippen LogP contribution in [0.1, 0.15) is 70.8 Å². The van der Waals surface area contributed by atoms with Crippen molar-refractivity contribution in [3.8, 4) is 0 Å². The number of unbranched alkanes of at least 4 members (excludes halogenated alkanes) is 4. The monoisotopic (exact) mass is 462 g/mol. The van der Waals surface area contributed by atoms with Gasteiger partial charge in [0, 0.05) is 28.5 Å². The van der Waals surface area contributed by atoms with E-state index in [9.17, 15) is 0 Å². The Balaban J connectivity index is 1.74. The molecule has 31 heavy (non-hydrogen) atoms. The Bertz CT molecular complexity index is 746. The Kier molecular flexibility index (Phi) is 9.73. The van der Waals surface area contributed by atoms with E-state index in [1.165, 1.54) is 25.7 Å². The summed E-state index contributed by atoms with van der Waals surface area (Å²) in [5, 5.41) is 0.742. The van der Waals surface area contributed by atoms with Crippen molar-refractivity contribution in [3.63, 3.8) is 0 Å². The molecule has 0 aliphatic carbocycles. The molecule has 1 aliphatic rings. The number of hydrogen-bond donors (Lipinski definition) is 0. The SMILES string of the molecule is CCCCCC1(CCCCC)OCC(CSc2ccc(Cl)cc2)(c2ccccc2)OO1. The molecule has 0 amide bonds. The smallest absolute Gasteiger partial charge is 0.201 e. The highest BCUT2D eigenvalue weighted by Crippen LogP contribution is 2.42. The van der Waals surface area contributed by atoms with E-state index in [4.69, 9.17) is 26.1 Å². The summed E-state index contributed by atoms with van der Waals surface area (Å²) in [7, 11) is 0. The largest absolute Gasteiger partial charge is 0.344 e. The second-order valence-corrected chi connectivity index (χ2v) is 9.87. The molecule has 0 bridgehead atoms. The first-order chi connectivity index (χ1) is 15.1. The minimum Gasteiger partial charge on any atom is -0.344 e. The Labute approximate surface area is 196 Å². The molecule has 2 aromatic rings. The Morgan fingerprint density at radius 1 is 0.839 bits per heavy atom. The van der Waals surface area contributed by atoms with Crippen LogP contribution in [-0.2, 0) is 20.1 Å². The first-order valence-electron chi connectivity index (χ1n) is 11.6. The van der Waals surface area contributed by atoms with Crippen molar-refractivity contribution in [3.05, 3.63) is 65.2 Å². The molecule has 170 valence electrons. The van der Waals surface area contributed by atoms with Crippen molar-refractivity contribution in [2.24, 2.45) is 0 Å². The second kappa shape index (κ2) is 12.3. The van der Waals surface area contributed by atoms with Crippen molar-refractivity contribution in [2.75, 3.05) is 12.4 Å². The molecular weight excluding hydrogens is 428 g/mol. The van der Waals surface area contributed by atoms with Crippen LogP contribution >= 0.6 is 23.4 Å². The molecule has 0 aromatic heterocycles. The Hall–Kier alpha value is -1.04. The third-order valence-electron chi connectivity index (χ3n) is 5.83. The third-order valence-corrected chi connectivity index (χ3v) is 7.30. The average molecular weight is 463 g/mol. The maximum atomic E-state index is 6.56. The van der Waals surface area contributed by atoms with Gasteiger partial charge in [0.2, 0.25) is 5.79 Å². The number of rotatable bonds is 12. The van der Waals surface area contributed by atoms with Crippen molar-refractivity contribution < 1.29 is 14.5 Å². The molecule has 1 aliphatic heterocycles. The van der Waals surface area contributed by atoms with Crippen LogP contribution in [-0.4, -0.2) is 18.1 Å². The van der Waals surface area contributed by atoms with Crippen LogP contribution in [0.4, 0.5) is 0 Å². The quantitative estimate of drug-likeness (QED) is 0.180. The topological polar surface area (TPSA) is 27.7 Å². The normalized spacial score (nSPS) is 20.6. The van der Waals surface area contributed by atoms with E-state index in [0.29, 0.717) is 12.4 Å². The van der Waals surface area contributed by atoms with Crippen LogP contribution in [0.3, 0.4) is 0 Å². The Morgan fingerprint density at radius 3 is 2.03 bits per heavy atom. The maximum Gasteiger partial charge on any atom is 0.201 e. The third kappa shape index (κ3) is 6.97. The summed E-state index contributed by atoms with van der Waals surface area (Å²) >= 11 is 7.77. The number of ether oxygens (including phenoxy) is 1. The molecule has 0 saturated carbocycles. The minimum atomic E-state index is -0.648. The van der Waals surface area contributed by atoms with Crippen LogP contribution < -0.4 is 0 Å². The minimum absolute atomic E-state index is 0.482. The van der Waals surface area contributed by atoms with Gasteiger partial charge in [0.25, 0.3) is 0 Å². The molecule has 1 atom stereocenters. The van der Waals surface area contributed by atoms with Gasteiger partial charge in [-0.05, 0) is 42.7 Å². The summed E-state index contributed by atoms with van der Waals surface area (Å²) in [5.41, 5.74) is 0.428. The molecule has 3 rings (SSSR count). The average Bonchev–Trinajstić information content (AvgIpc) is 2.81. The van der Waals surface area contributed by atoms with Gasteiger partial charge in [-0.15, -0.1) is 11.8 Å². The van der Waals surface area contributed by atoms with Crippen LogP contribution in [0, 0.1) is 0 Å². The van der Waals surface area contributed by atoms with E-state index in [1.807, 2.05) is 42.5 Å². The van der Waals surface area contributed by atoms with E-state index in [2.05, 4.69) is 26.0 Å². The molecule has 0 spiro atoms. The zero-order valence-electron chi connectivity index (χ0n) is 18.8. The van der Waals surface area contributed by atoms with Crippen LogP contribution in [0.2, 0.25) is 5.02 Å². The summed E-state index contributed by atoms with van der Waals surface area (Å²) in [4.78, 5) is 13.6. The van der Waals surface area contributed by atoms with Gasteiger partial charge in [-0.1, -0.05) is 81.5 Å². The van der Waals surface area contributed by atoms with E-state index in [-0.39, 0.29) is 0 Å². The molecule has 5 heteroatoms. The molecule has 1 saturated heterocycles. The molecular formula is C26H35ClO3S. The number of hydrogen-bond acceptors (Lipinski definition) is 4. The fourth-order valence-electron chi connectivity index (χ4n) is 3.85. The lowest BCUT2D eigenvalue weighted by Crippen LogP contribution is -2.51. The van der Waals surface area contributed by atoms with Gasteiger partial charge >= 0.3 is 0 Å². The van der Waals surface area contributed by atoms with E-state index >= 15 is 0 Å². The summed E-state index contributed by atoms with van der Waals surface area (Å²) in [6.45, 7) is 4.92. The second-order valence-electron chi connectivity index (χ2n) is 8.38. The van der Waals surface area contributed by atoms with Crippen molar-refractivity contribution in [2.45, 2.75) is 81.5 Å². The van der Waals surface area contributed by atoms with Gasteiger partial charge in [0.1, 0.15) is 0 Å². The van der Waals surface area contributed by atoms with Crippen molar-refractivity contribution in [1.29, 1.82) is 0 Å². The summed E-state index contributed by atoms with van der Waals surface area (Å²) < 4.78 is 6.56. The lowest BCUT2D eigenvalue weighted by Gasteiger charge is -2.45. The first-order valence-corrected chi connectivity index (χ1v) is 12.9. The highest BCUT2D eigenvalue weighted by Gasteiger charge is 2.47. The van der Waals surface area contributed by atoms with E-state index in [0.717, 1.165) is 41.2 Å². The number of thioether (sulfide) groups is 1. The van der Waals surface area contributed by atoms with E-state index < -0.39 is 11.4 Å². The Morgan fingerprint density at radius 2 is 1.48 bits per heavy atom. The fourth-order valence-corrected chi connectivity index (χ4v) is 5.00. The predicted octanol–water partition coefficient (Wildman–Crippen LogP) is 8.16. The van der Waals surface area contributed by atoms with E-state index in [1.54, 1.807) is 11.8 Å². The van der Waals surface area contributed by atoms with Crippen LogP contribution in [0.15, 0.2) is 59.5 Å². The molecule has 0 radical (unpaired) electrons. The van der Waals surface area contributed by atoms with Crippen molar-refractivity contribution >= 4 is 23.4 Å². The van der Waals surface area contributed by atoms with Gasteiger partial charge in [-0.2, -0.15) is 0 Å². The van der Waals surface area contributed by atoms with Gasteiger partial charge in [0.05, 0.1) is 6.61 Å². The summed E-state index contributed by atoms with van der Waals surface area (Å²) in [5.74, 6) is 0.0617. The lowest BCUT2D eigenvalue weighted by molar-refractivity contribution is -0.516. The number of benzene rings is 2. The molecule has 2 aromatic carbocycles. The van der Waals surface area contributed by atoms with Gasteiger partial charge in [-0.3, -0.25) is 0 Å². The maximum absolute atomic E-state index is 6.56. The first kappa shape index (κ1) is 24.6. The fraction of sp³-hybridized carbons (Fsp3) is 0.538. The molecule has 1 fully saturated rings. The zero-order valence-corrected chi connectivity index (χ0v) is 20.4. The van der Waals surface area contributed by atoms with Crippen LogP contribution in [0.5, 0.6) is 0 Å². The summed E-state index contributed by atoms with van der Waals surface area (Å²) in [6, 6.07) is 18.2. The molecule has 3 nitrogen and oxygen atoms in total. The zero-order chi connectivity index (χ0) is 22.0. The highest BCUT2D eigenvalue weighted by atomic mass is 35.5. The molecule has 1 unspecified atom stereocenters. The molecule has 1 heterocycles. The lowest BCUT2D eigenvalue weighted by atomic mass is 9.95. The van der Waals surface area contributed by atoms with Crippen LogP contribution in [0.25, 0.3) is 0 Å². The molecule has 0 N–H and O–H groups in total. The predicted molar refractivity (Wildman–Crippen MR) is 129 cm³/mol. The highest BCUT2D eigenvalue weighted by molar-refractivity contribution is 7.99.